The van der Waals surface area contributed by atoms with Crippen molar-refractivity contribution in [2.45, 2.75) is 0 Å². The molecule has 1 aromatic carbocycles. The van der Waals surface area contributed by atoms with Crippen LogP contribution in [0.1, 0.15) is 15.2 Å². The topological polar surface area (TPSA) is 65.8 Å². The fourth-order valence-electron chi connectivity index (χ4n) is 1.38. The van der Waals surface area contributed by atoms with Gasteiger partial charge in [0.1, 0.15) is 0 Å². The summed E-state index contributed by atoms with van der Waals surface area (Å²) in [4.78, 5) is 15.1. The summed E-state index contributed by atoms with van der Waals surface area (Å²) in [6.45, 7) is 0. The molecule has 0 radical (unpaired) electrons. The molecule has 88 valence electrons. The molecule has 0 bridgehead atoms. The molecule has 4 nitrogen and oxygen atoms in total. The minimum atomic E-state index is -0.0101. The van der Waals surface area contributed by atoms with Gasteiger partial charge >= 0.3 is 0 Å². The first-order chi connectivity index (χ1) is 8.79. The van der Waals surface area contributed by atoms with Gasteiger partial charge < -0.3 is 0 Å². The number of benzene rings is 1. The van der Waals surface area contributed by atoms with E-state index in [0.29, 0.717) is 5.69 Å². The van der Waals surface area contributed by atoms with Crippen LogP contribution in [0.3, 0.4) is 0 Å². The van der Waals surface area contributed by atoms with E-state index < -0.39 is 0 Å². The highest BCUT2D eigenvalue weighted by Gasteiger charge is 2.01. The van der Waals surface area contributed by atoms with Crippen LogP contribution in [-0.4, -0.2) is 5.78 Å². The molecular formula is C13H9N3OS. The molecule has 0 unspecified atom stereocenters. The molecule has 2 rings (SSSR count). The van der Waals surface area contributed by atoms with Crippen LogP contribution in [0.2, 0.25) is 0 Å². The van der Waals surface area contributed by atoms with Gasteiger partial charge in [-0.05, 0) is 28.6 Å². The van der Waals surface area contributed by atoms with Gasteiger partial charge in [-0.2, -0.15) is 0 Å². The summed E-state index contributed by atoms with van der Waals surface area (Å²) in [5.74, 6) is -0.0101. The lowest BCUT2D eigenvalue weighted by Crippen LogP contribution is -1.88. The van der Waals surface area contributed by atoms with Crippen molar-refractivity contribution in [2.75, 3.05) is 0 Å². The van der Waals surface area contributed by atoms with E-state index in [9.17, 15) is 4.79 Å². The highest BCUT2D eigenvalue weighted by atomic mass is 32.1. The van der Waals surface area contributed by atoms with Crippen molar-refractivity contribution in [3.05, 3.63) is 68.7 Å². The fraction of sp³-hybridized carbons (Fsp3) is 0. The molecule has 0 aliphatic heterocycles. The fourth-order valence-corrected chi connectivity index (χ4v) is 2.02. The molecule has 0 aliphatic carbocycles. The molecule has 0 fully saturated rings. The van der Waals surface area contributed by atoms with Crippen molar-refractivity contribution in [3.63, 3.8) is 0 Å². The molecule has 1 heterocycles. The number of thiophene rings is 1. The van der Waals surface area contributed by atoms with Crippen molar-refractivity contribution in [1.29, 1.82) is 0 Å². The Morgan fingerprint density at radius 3 is 2.67 bits per heavy atom. The zero-order chi connectivity index (χ0) is 12.8. The van der Waals surface area contributed by atoms with Crippen molar-refractivity contribution in [2.24, 2.45) is 5.11 Å². The summed E-state index contributed by atoms with van der Waals surface area (Å²) in [6.07, 6.45) is 3.27. The number of hydrogen-bond acceptors (Lipinski definition) is 3. The third-order valence-electron chi connectivity index (χ3n) is 2.24. The van der Waals surface area contributed by atoms with Gasteiger partial charge in [-0.3, -0.25) is 4.79 Å². The Kier molecular flexibility index (Phi) is 3.91. The Hall–Kier alpha value is -2.36. The number of hydrogen-bond donors (Lipinski definition) is 0. The summed E-state index contributed by atoms with van der Waals surface area (Å²) < 4.78 is 0. The van der Waals surface area contributed by atoms with Crippen LogP contribution in [0.4, 0.5) is 5.69 Å². The summed E-state index contributed by atoms with van der Waals surface area (Å²) >= 11 is 1.42. The van der Waals surface area contributed by atoms with Crippen LogP contribution in [0.25, 0.3) is 16.5 Å². The largest absolute Gasteiger partial charge is 0.288 e. The Labute approximate surface area is 108 Å². The Bertz CT molecular complexity index is 608. The number of azide groups is 1. The normalized spacial score (nSPS) is 10.2. The maximum Gasteiger partial charge on any atom is 0.195 e. The van der Waals surface area contributed by atoms with Gasteiger partial charge in [0.2, 0.25) is 0 Å². The zero-order valence-corrected chi connectivity index (χ0v) is 10.2. The minimum absolute atomic E-state index is 0.0101. The van der Waals surface area contributed by atoms with Crippen molar-refractivity contribution < 1.29 is 4.79 Å². The number of carbonyl (C=O) groups is 1. The van der Waals surface area contributed by atoms with E-state index >= 15 is 0 Å². The molecule has 0 saturated carbocycles. The predicted molar refractivity (Wildman–Crippen MR) is 72.9 cm³/mol. The van der Waals surface area contributed by atoms with Crippen LogP contribution in [0.5, 0.6) is 0 Å². The third-order valence-corrected chi connectivity index (χ3v) is 3.13. The third kappa shape index (κ3) is 3.07. The molecule has 0 N–H and O–H groups in total. The monoisotopic (exact) mass is 255 g/mol. The summed E-state index contributed by atoms with van der Waals surface area (Å²) in [5, 5.41) is 5.35. The lowest BCUT2D eigenvalue weighted by molar-refractivity contribution is 0.105. The summed E-state index contributed by atoms with van der Waals surface area (Å²) in [7, 11) is 0. The molecule has 0 atom stereocenters. The molecule has 0 spiro atoms. The maximum absolute atomic E-state index is 11.7. The first-order valence-corrected chi connectivity index (χ1v) is 6.08. The predicted octanol–water partition coefficient (Wildman–Crippen LogP) is 4.59. The Morgan fingerprint density at radius 2 is 2.06 bits per heavy atom. The zero-order valence-electron chi connectivity index (χ0n) is 9.35. The van der Waals surface area contributed by atoms with Gasteiger partial charge in [0.05, 0.1) is 4.88 Å². The van der Waals surface area contributed by atoms with Gasteiger partial charge in [-0.25, -0.2) is 0 Å². The first kappa shape index (κ1) is 12.1. The quantitative estimate of drug-likeness (QED) is 0.259. The average molecular weight is 255 g/mol. The Morgan fingerprint density at radius 1 is 1.28 bits per heavy atom. The number of ketones is 1. The number of nitrogens with zero attached hydrogens (tertiary/aromatic N) is 3. The Balaban J connectivity index is 2.09. The lowest BCUT2D eigenvalue weighted by atomic mass is 10.1. The second-order valence-electron chi connectivity index (χ2n) is 3.46. The highest BCUT2D eigenvalue weighted by molar-refractivity contribution is 7.12. The van der Waals surface area contributed by atoms with Crippen molar-refractivity contribution >= 4 is 28.9 Å². The van der Waals surface area contributed by atoms with Gasteiger partial charge in [0.15, 0.2) is 5.78 Å². The van der Waals surface area contributed by atoms with E-state index in [1.165, 1.54) is 17.4 Å². The van der Waals surface area contributed by atoms with Gasteiger partial charge in [-0.1, -0.05) is 41.5 Å². The van der Waals surface area contributed by atoms with E-state index in [4.69, 9.17) is 5.53 Å². The van der Waals surface area contributed by atoms with Gasteiger partial charge in [0, 0.05) is 10.6 Å². The standard InChI is InChI=1S/C13H9N3OS/c14-16-15-11-6-3-10(4-7-11)5-8-12(17)13-2-1-9-18-13/h1-9H/b8-5+. The number of rotatable bonds is 4. The molecule has 0 saturated heterocycles. The first-order valence-electron chi connectivity index (χ1n) is 5.20. The van der Waals surface area contributed by atoms with Gasteiger partial charge in [0.25, 0.3) is 0 Å². The summed E-state index contributed by atoms with van der Waals surface area (Å²) in [5.41, 5.74) is 9.71. The van der Waals surface area contributed by atoms with Crippen LogP contribution >= 0.6 is 11.3 Å². The molecule has 1 aromatic heterocycles. The molecule has 2 aromatic rings. The molecule has 0 amide bonds. The summed E-state index contributed by atoms with van der Waals surface area (Å²) in [6, 6.07) is 10.6. The second kappa shape index (κ2) is 5.82. The van der Waals surface area contributed by atoms with Crippen molar-refractivity contribution in [1.82, 2.24) is 0 Å². The average Bonchev–Trinajstić information content (AvgIpc) is 2.92. The smallest absolute Gasteiger partial charge is 0.195 e. The van der Waals surface area contributed by atoms with E-state index in [1.807, 2.05) is 11.4 Å². The van der Waals surface area contributed by atoms with Crippen LogP contribution in [-0.2, 0) is 0 Å². The van der Waals surface area contributed by atoms with E-state index in [1.54, 1.807) is 36.4 Å². The molecule has 0 aliphatic rings. The maximum atomic E-state index is 11.7. The van der Waals surface area contributed by atoms with E-state index in [2.05, 4.69) is 10.0 Å². The van der Waals surface area contributed by atoms with Crippen LogP contribution in [0.15, 0.2) is 53.0 Å². The van der Waals surface area contributed by atoms with Gasteiger partial charge in [-0.15, -0.1) is 11.3 Å². The highest BCUT2D eigenvalue weighted by Crippen LogP contribution is 2.15. The lowest BCUT2D eigenvalue weighted by Gasteiger charge is -1.94. The molecule has 5 heteroatoms. The SMILES string of the molecule is [N-]=[N+]=Nc1ccc(/C=C/C(=O)c2cccs2)cc1. The van der Waals surface area contributed by atoms with Crippen LogP contribution in [0, 0.1) is 0 Å². The molecule has 18 heavy (non-hydrogen) atoms. The van der Waals surface area contributed by atoms with Crippen molar-refractivity contribution in [3.8, 4) is 0 Å². The van der Waals surface area contributed by atoms with E-state index in [-0.39, 0.29) is 5.78 Å². The second-order valence-corrected chi connectivity index (χ2v) is 4.40. The number of allylic oxidation sites excluding steroid dienone is 1. The van der Waals surface area contributed by atoms with Crippen LogP contribution < -0.4 is 0 Å². The number of carbonyl (C=O) groups excluding carboxylic acids is 1. The molecular weight excluding hydrogens is 246 g/mol. The minimum Gasteiger partial charge on any atom is -0.288 e. The van der Waals surface area contributed by atoms with E-state index in [0.717, 1.165) is 10.4 Å².